The molecule has 0 aliphatic rings. The van der Waals surface area contributed by atoms with Crippen molar-refractivity contribution in [2.45, 2.75) is 39.2 Å². The van der Waals surface area contributed by atoms with Crippen LogP contribution in [0.1, 0.15) is 39.2 Å². The van der Waals surface area contributed by atoms with Gasteiger partial charge in [0.2, 0.25) is 0 Å². The number of esters is 1. The summed E-state index contributed by atoms with van der Waals surface area (Å²) >= 11 is 0. The Bertz CT molecular complexity index is 435. The first kappa shape index (κ1) is 14.5. The molecule has 0 aromatic heterocycles. The second kappa shape index (κ2) is 5.38. The Morgan fingerprint density at radius 3 is 2.44 bits per heavy atom. The zero-order valence-corrected chi connectivity index (χ0v) is 11.4. The van der Waals surface area contributed by atoms with Crippen LogP contribution in [0, 0.1) is 5.82 Å². The molecule has 0 radical (unpaired) electrons. The van der Waals surface area contributed by atoms with Crippen LogP contribution in [-0.4, -0.2) is 18.7 Å². The average molecular weight is 254 g/mol. The lowest BCUT2D eigenvalue weighted by atomic mass is 9.99. The van der Waals surface area contributed by atoms with E-state index in [0.29, 0.717) is 11.3 Å². The number of methoxy groups -OCH3 is 1. The smallest absolute Gasteiger partial charge is 0.313 e. The molecule has 0 heterocycles. The Labute approximate surface area is 107 Å². The zero-order valence-electron chi connectivity index (χ0n) is 11.4. The van der Waals surface area contributed by atoms with Crippen molar-refractivity contribution in [3.63, 3.8) is 0 Å². The monoisotopic (exact) mass is 254 g/mol. The fourth-order valence-electron chi connectivity index (χ4n) is 1.56. The first-order valence-electron chi connectivity index (χ1n) is 5.81. The molecule has 1 aromatic carbocycles. The maximum absolute atomic E-state index is 13.2. The van der Waals surface area contributed by atoms with Gasteiger partial charge in [-0.05, 0) is 45.9 Å². The molecule has 0 bridgehead atoms. The van der Waals surface area contributed by atoms with E-state index in [1.807, 2.05) is 0 Å². The normalized spacial score (nSPS) is 13.0. The van der Waals surface area contributed by atoms with Crippen molar-refractivity contribution < 1.29 is 18.7 Å². The first-order chi connectivity index (χ1) is 8.24. The van der Waals surface area contributed by atoms with Crippen LogP contribution in [0.15, 0.2) is 18.2 Å². The predicted molar refractivity (Wildman–Crippen MR) is 67.2 cm³/mol. The van der Waals surface area contributed by atoms with Crippen LogP contribution in [0.2, 0.25) is 0 Å². The van der Waals surface area contributed by atoms with Gasteiger partial charge in [0.15, 0.2) is 0 Å². The van der Waals surface area contributed by atoms with Gasteiger partial charge >= 0.3 is 5.97 Å². The molecule has 0 saturated heterocycles. The van der Waals surface area contributed by atoms with Crippen molar-refractivity contribution in [3.8, 4) is 5.75 Å². The van der Waals surface area contributed by atoms with E-state index in [0.717, 1.165) is 0 Å². The second-order valence-electron chi connectivity index (χ2n) is 5.14. The van der Waals surface area contributed by atoms with E-state index >= 15 is 0 Å². The van der Waals surface area contributed by atoms with Gasteiger partial charge in [-0.25, -0.2) is 4.39 Å². The van der Waals surface area contributed by atoms with E-state index < -0.39 is 23.3 Å². The summed E-state index contributed by atoms with van der Waals surface area (Å²) in [6.07, 6.45) is 0. The summed E-state index contributed by atoms with van der Waals surface area (Å²) in [5, 5.41) is 0. The molecule has 0 spiro atoms. The van der Waals surface area contributed by atoms with Gasteiger partial charge in [0.05, 0.1) is 13.0 Å². The van der Waals surface area contributed by atoms with Gasteiger partial charge in [-0.3, -0.25) is 4.79 Å². The highest BCUT2D eigenvalue weighted by atomic mass is 19.1. The quantitative estimate of drug-likeness (QED) is 0.776. The molecule has 1 aromatic rings. The van der Waals surface area contributed by atoms with Gasteiger partial charge in [0, 0.05) is 5.56 Å². The summed E-state index contributed by atoms with van der Waals surface area (Å²) < 4.78 is 23.6. The van der Waals surface area contributed by atoms with Crippen LogP contribution < -0.4 is 4.74 Å². The molecule has 1 rings (SSSR count). The van der Waals surface area contributed by atoms with Crippen molar-refractivity contribution in [2.75, 3.05) is 7.11 Å². The fourth-order valence-corrected chi connectivity index (χ4v) is 1.56. The molecule has 1 atom stereocenters. The molecule has 0 saturated carbocycles. The number of rotatable bonds is 3. The van der Waals surface area contributed by atoms with E-state index in [-0.39, 0.29) is 0 Å². The van der Waals surface area contributed by atoms with Crippen LogP contribution in [0.4, 0.5) is 4.39 Å². The van der Waals surface area contributed by atoms with Crippen LogP contribution in [0.3, 0.4) is 0 Å². The van der Waals surface area contributed by atoms with E-state index in [9.17, 15) is 9.18 Å². The summed E-state index contributed by atoms with van der Waals surface area (Å²) in [6.45, 7) is 7.05. The van der Waals surface area contributed by atoms with Crippen molar-refractivity contribution >= 4 is 5.97 Å². The average Bonchev–Trinajstić information content (AvgIpc) is 2.25. The highest BCUT2D eigenvalue weighted by molar-refractivity contribution is 5.79. The lowest BCUT2D eigenvalue weighted by Gasteiger charge is -2.23. The Balaban J connectivity index is 2.99. The third kappa shape index (κ3) is 3.72. The molecule has 0 fully saturated rings. The van der Waals surface area contributed by atoms with Crippen LogP contribution in [-0.2, 0) is 9.53 Å². The van der Waals surface area contributed by atoms with Crippen molar-refractivity contribution in [3.05, 3.63) is 29.6 Å². The minimum atomic E-state index is -0.574. The molecule has 0 aliphatic heterocycles. The topological polar surface area (TPSA) is 35.5 Å². The maximum atomic E-state index is 13.2. The van der Waals surface area contributed by atoms with Crippen molar-refractivity contribution in [1.82, 2.24) is 0 Å². The Morgan fingerprint density at radius 1 is 1.33 bits per heavy atom. The van der Waals surface area contributed by atoms with E-state index in [1.54, 1.807) is 27.7 Å². The fraction of sp³-hybridized carbons (Fsp3) is 0.500. The van der Waals surface area contributed by atoms with Gasteiger partial charge in [0.1, 0.15) is 17.2 Å². The Morgan fingerprint density at radius 2 is 1.94 bits per heavy atom. The number of hydrogen-bond acceptors (Lipinski definition) is 3. The number of carbonyl (C=O) groups excluding carboxylic acids is 1. The van der Waals surface area contributed by atoms with Crippen LogP contribution >= 0.6 is 0 Å². The van der Waals surface area contributed by atoms with E-state index in [2.05, 4.69) is 0 Å². The van der Waals surface area contributed by atoms with Gasteiger partial charge in [-0.2, -0.15) is 0 Å². The molecular formula is C14H19FO3. The molecular weight excluding hydrogens is 235 g/mol. The van der Waals surface area contributed by atoms with Gasteiger partial charge < -0.3 is 9.47 Å². The molecule has 0 N–H and O–H groups in total. The molecule has 3 nitrogen and oxygen atoms in total. The second-order valence-corrected chi connectivity index (χ2v) is 5.14. The van der Waals surface area contributed by atoms with Crippen LogP contribution in [0.25, 0.3) is 0 Å². The molecule has 1 unspecified atom stereocenters. The number of benzene rings is 1. The van der Waals surface area contributed by atoms with Crippen LogP contribution in [0.5, 0.6) is 5.75 Å². The number of ether oxygens (including phenoxy) is 2. The highest BCUT2D eigenvalue weighted by Gasteiger charge is 2.25. The lowest BCUT2D eigenvalue weighted by Crippen LogP contribution is -2.27. The summed E-state index contributed by atoms with van der Waals surface area (Å²) in [7, 11) is 1.48. The summed E-state index contributed by atoms with van der Waals surface area (Å²) in [5.74, 6) is -0.891. The van der Waals surface area contributed by atoms with Gasteiger partial charge in [-0.15, -0.1) is 0 Å². The lowest BCUT2D eigenvalue weighted by molar-refractivity contribution is -0.156. The molecule has 100 valence electrons. The predicted octanol–water partition coefficient (Wildman–Crippen LogP) is 3.28. The molecule has 18 heavy (non-hydrogen) atoms. The maximum Gasteiger partial charge on any atom is 0.313 e. The molecule has 0 aliphatic carbocycles. The molecule has 0 amide bonds. The number of halogens is 1. The Hall–Kier alpha value is -1.58. The minimum Gasteiger partial charge on any atom is -0.496 e. The largest absolute Gasteiger partial charge is 0.496 e. The van der Waals surface area contributed by atoms with Gasteiger partial charge in [-0.1, -0.05) is 0 Å². The SMILES string of the molecule is COc1ccc(F)cc1C(C)C(=O)OC(C)(C)C. The van der Waals surface area contributed by atoms with Crippen molar-refractivity contribution in [2.24, 2.45) is 0 Å². The summed E-state index contributed by atoms with van der Waals surface area (Å²) in [4.78, 5) is 11.9. The Kier molecular flexibility index (Phi) is 4.33. The molecule has 4 heteroatoms. The minimum absolute atomic E-state index is 0.397. The van der Waals surface area contributed by atoms with Gasteiger partial charge in [0.25, 0.3) is 0 Å². The number of hydrogen-bond donors (Lipinski definition) is 0. The third-order valence-electron chi connectivity index (χ3n) is 2.42. The summed E-state index contributed by atoms with van der Waals surface area (Å²) in [6, 6.07) is 4.10. The number of carbonyl (C=O) groups is 1. The zero-order chi connectivity index (χ0) is 13.9. The third-order valence-corrected chi connectivity index (χ3v) is 2.42. The van der Waals surface area contributed by atoms with Crippen molar-refractivity contribution in [1.29, 1.82) is 0 Å². The summed E-state index contributed by atoms with van der Waals surface area (Å²) in [5.41, 5.74) is -0.0712. The van der Waals surface area contributed by atoms with E-state index in [1.165, 1.54) is 25.3 Å². The van der Waals surface area contributed by atoms with E-state index in [4.69, 9.17) is 9.47 Å². The first-order valence-corrected chi connectivity index (χ1v) is 5.81. The standard InChI is InChI=1S/C14H19FO3/c1-9(13(16)18-14(2,3)4)11-8-10(15)6-7-12(11)17-5/h6-9H,1-5H3. The highest BCUT2D eigenvalue weighted by Crippen LogP contribution is 2.29.